The summed E-state index contributed by atoms with van der Waals surface area (Å²) in [5.41, 5.74) is 0.526. The fourth-order valence-electron chi connectivity index (χ4n) is 2.48. The third-order valence-electron chi connectivity index (χ3n) is 3.50. The zero-order chi connectivity index (χ0) is 14.5. The summed E-state index contributed by atoms with van der Waals surface area (Å²) in [7, 11) is 3.03. The fraction of sp³-hybridized carbons (Fsp3) is 0.571. The molecule has 20 heavy (non-hydrogen) atoms. The Balaban J connectivity index is 2.32. The Morgan fingerprint density at radius 2 is 1.60 bits per heavy atom. The van der Waals surface area contributed by atoms with Gasteiger partial charge in [0.25, 0.3) is 6.43 Å². The van der Waals surface area contributed by atoms with Gasteiger partial charge in [-0.05, 0) is 17.7 Å². The highest BCUT2D eigenvalue weighted by Crippen LogP contribution is 2.33. The van der Waals surface area contributed by atoms with Gasteiger partial charge in [0.05, 0.1) is 20.3 Å². The number of alkyl halides is 2. The number of methoxy groups -OCH3 is 2. The number of benzene rings is 1. The van der Waals surface area contributed by atoms with E-state index in [1.54, 1.807) is 23.1 Å². The lowest BCUT2D eigenvalue weighted by molar-refractivity contribution is 0.0180. The monoisotopic (exact) mass is 286 g/mol. The lowest BCUT2D eigenvalue weighted by atomic mass is 10.0. The van der Waals surface area contributed by atoms with Crippen molar-refractivity contribution in [1.82, 2.24) is 10.2 Å². The molecule has 1 aliphatic rings. The second-order valence-corrected chi connectivity index (χ2v) is 4.71. The maximum atomic E-state index is 13.5. The van der Waals surface area contributed by atoms with Crippen LogP contribution in [0.25, 0.3) is 0 Å². The highest BCUT2D eigenvalue weighted by molar-refractivity contribution is 5.40. The molecule has 112 valence electrons. The number of nitrogens with zero attached hydrogens (tertiary/aromatic N) is 1. The topological polar surface area (TPSA) is 33.7 Å². The number of rotatable bonds is 5. The van der Waals surface area contributed by atoms with Crippen LogP contribution in [0.3, 0.4) is 0 Å². The van der Waals surface area contributed by atoms with Crippen molar-refractivity contribution in [3.05, 3.63) is 23.8 Å². The van der Waals surface area contributed by atoms with Gasteiger partial charge in [-0.25, -0.2) is 8.78 Å². The molecular formula is C14H20F2N2O2. The van der Waals surface area contributed by atoms with Crippen molar-refractivity contribution in [2.75, 3.05) is 40.4 Å². The molecule has 0 radical (unpaired) electrons. The number of hydrogen-bond acceptors (Lipinski definition) is 4. The summed E-state index contributed by atoms with van der Waals surface area (Å²) < 4.78 is 37.3. The molecule has 1 aromatic rings. The standard InChI is InChI=1S/C14H20F2N2O2/c1-19-11-7-10(8-12(9-11)20-2)13(14(15)16)18-5-3-17-4-6-18/h7-9,13-14,17H,3-6H2,1-2H3/t13-/m0/s1. The highest BCUT2D eigenvalue weighted by Gasteiger charge is 2.30. The highest BCUT2D eigenvalue weighted by atomic mass is 19.3. The van der Waals surface area contributed by atoms with Crippen LogP contribution in [0.4, 0.5) is 8.78 Å². The Labute approximate surface area is 117 Å². The van der Waals surface area contributed by atoms with Gasteiger partial charge in [0, 0.05) is 32.2 Å². The van der Waals surface area contributed by atoms with E-state index in [2.05, 4.69) is 5.32 Å². The molecule has 1 heterocycles. The van der Waals surface area contributed by atoms with Gasteiger partial charge in [0.1, 0.15) is 11.5 Å². The summed E-state index contributed by atoms with van der Waals surface area (Å²) in [4.78, 5) is 1.80. The third-order valence-corrected chi connectivity index (χ3v) is 3.50. The van der Waals surface area contributed by atoms with E-state index in [9.17, 15) is 8.78 Å². The van der Waals surface area contributed by atoms with Gasteiger partial charge in [-0.1, -0.05) is 0 Å². The Hall–Kier alpha value is -1.40. The molecule has 0 bridgehead atoms. The second kappa shape index (κ2) is 6.85. The van der Waals surface area contributed by atoms with E-state index in [1.807, 2.05) is 0 Å². The Morgan fingerprint density at radius 3 is 2.05 bits per heavy atom. The largest absolute Gasteiger partial charge is 0.497 e. The van der Waals surface area contributed by atoms with E-state index in [4.69, 9.17) is 9.47 Å². The van der Waals surface area contributed by atoms with Crippen molar-refractivity contribution >= 4 is 0 Å². The van der Waals surface area contributed by atoms with Crippen LogP contribution in [-0.4, -0.2) is 51.7 Å². The molecule has 1 saturated heterocycles. The van der Waals surface area contributed by atoms with Crippen LogP contribution in [0, 0.1) is 0 Å². The van der Waals surface area contributed by atoms with Crippen molar-refractivity contribution in [2.24, 2.45) is 0 Å². The van der Waals surface area contributed by atoms with E-state index in [1.165, 1.54) is 14.2 Å². The lowest BCUT2D eigenvalue weighted by Crippen LogP contribution is -2.46. The van der Waals surface area contributed by atoms with Crippen LogP contribution < -0.4 is 14.8 Å². The Morgan fingerprint density at radius 1 is 1.05 bits per heavy atom. The van der Waals surface area contributed by atoms with Crippen molar-refractivity contribution in [1.29, 1.82) is 0 Å². The van der Waals surface area contributed by atoms with Gasteiger partial charge in [-0.3, -0.25) is 4.90 Å². The SMILES string of the molecule is COc1cc(OC)cc([C@@H](C(F)F)N2CCNCC2)c1. The molecule has 1 atom stereocenters. The van der Waals surface area contributed by atoms with Crippen LogP contribution >= 0.6 is 0 Å². The summed E-state index contributed by atoms with van der Waals surface area (Å²) in [5, 5.41) is 3.17. The summed E-state index contributed by atoms with van der Waals surface area (Å²) in [5.74, 6) is 1.06. The first-order valence-electron chi connectivity index (χ1n) is 6.61. The molecule has 0 amide bonds. The van der Waals surface area contributed by atoms with Gasteiger partial charge in [0.15, 0.2) is 0 Å². The molecule has 0 aliphatic carbocycles. The van der Waals surface area contributed by atoms with E-state index >= 15 is 0 Å². The molecule has 0 spiro atoms. The molecule has 6 heteroatoms. The summed E-state index contributed by atoms with van der Waals surface area (Å²) in [6.07, 6.45) is -2.45. The van der Waals surface area contributed by atoms with E-state index in [0.29, 0.717) is 30.2 Å². The molecule has 2 rings (SSSR count). The third kappa shape index (κ3) is 3.37. The van der Waals surface area contributed by atoms with Gasteiger partial charge in [-0.15, -0.1) is 0 Å². The molecule has 0 aromatic heterocycles. The molecule has 1 N–H and O–H groups in total. The van der Waals surface area contributed by atoms with Gasteiger partial charge >= 0.3 is 0 Å². The zero-order valence-corrected chi connectivity index (χ0v) is 11.7. The van der Waals surface area contributed by atoms with Crippen LogP contribution in [-0.2, 0) is 0 Å². The average Bonchev–Trinajstić information content (AvgIpc) is 2.47. The van der Waals surface area contributed by atoms with Crippen LogP contribution in [0.15, 0.2) is 18.2 Å². The second-order valence-electron chi connectivity index (χ2n) is 4.71. The minimum absolute atomic E-state index is 0.526. The molecule has 4 nitrogen and oxygen atoms in total. The number of piperazine rings is 1. The molecule has 1 aromatic carbocycles. The molecule has 0 unspecified atom stereocenters. The number of nitrogens with one attached hydrogen (secondary N) is 1. The fourth-order valence-corrected chi connectivity index (χ4v) is 2.48. The Kier molecular flexibility index (Phi) is 5.14. The molecule has 0 saturated carbocycles. The quantitative estimate of drug-likeness (QED) is 0.896. The first kappa shape index (κ1) is 15.0. The molecule has 1 fully saturated rings. The first-order valence-corrected chi connectivity index (χ1v) is 6.61. The van der Waals surface area contributed by atoms with Gasteiger partial charge < -0.3 is 14.8 Å². The normalized spacial score (nSPS) is 18.1. The zero-order valence-electron chi connectivity index (χ0n) is 11.7. The maximum absolute atomic E-state index is 13.5. The smallest absolute Gasteiger partial charge is 0.258 e. The van der Waals surface area contributed by atoms with Crippen molar-refractivity contribution in [3.8, 4) is 11.5 Å². The minimum atomic E-state index is -2.45. The summed E-state index contributed by atoms with van der Waals surface area (Å²) in [6.45, 7) is 2.66. The van der Waals surface area contributed by atoms with E-state index in [-0.39, 0.29) is 0 Å². The van der Waals surface area contributed by atoms with Gasteiger partial charge in [0.2, 0.25) is 0 Å². The van der Waals surface area contributed by atoms with Gasteiger partial charge in [-0.2, -0.15) is 0 Å². The van der Waals surface area contributed by atoms with E-state index < -0.39 is 12.5 Å². The number of halogens is 2. The molecule has 1 aliphatic heterocycles. The molecular weight excluding hydrogens is 266 g/mol. The average molecular weight is 286 g/mol. The van der Waals surface area contributed by atoms with Crippen molar-refractivity contribution < 1.29 is 18.3 Å². The van der Waals surface area contributed by atoms with E-state index in [0.717, 1.165) is 13.1 Å². The summed E-state index contributed by atoms with van der Waals surface area (Å²) >= 11 is 0. The first-order chi connectivity index (χ1) is 9.65. The van der Waals surface area contributed by atoms with Crippen molar-refractivity contribution in [2.45, 2.75) is 12.5 Å². The number of ether oxygens (including phenoxy) is 2. The van der Waals surface area contributed by atoms with Crippen molar-refractivity contribution in [3.63, 3.8) is 0 Å². The predicted octanol–water partition coefficient (Wildman–Crippen LogP) is 1.92. The van der Waals surface area contributed by atoms with Crippen LogP contribution in [0.5, 0.6) is 11.5 Å². The lowest BCUT2D eigenvalue weighted by Gasteiger charge is -2.34. The maximum Gasteiger partial charge on any atom is 0.258 e. The Bertz CT molecular complexity index is 415. The minimum Gasteiger partial charge on any atom is -0.497 e. The van der Waals surface area contributed by atoms with Crippen LogP contribution in [0.2, 0.25) is 0 Å². The summed E-state index contributed by atoms with van der Waals surface area (Å²) in [6, 6.07) is 4.06. The predicted molar refractivity (Wildman–Crippen MR) is 72.7 cm³/mol. The van der Waals surface area contributed by atoms with Crippen LogP contribution in [0.1, 0.15) is 11.6 Å². The number of hydrogen-bond donors (Lipinski definition) is 1.